The second kappa shape index (κ2) is 8.70. The first kappa shape index (κ1) is 22.5. The number of carbonyl (C=O) groups is 1. The molecule has 1 N–H and O–H groups in total. The van der Waals surface area contributed by atoms with Crippen molar-refractivity contribution in [3.63, 3.8) is 0 Å². The molecule has 2 aromatic rings. The first-order chi connectivity index (χ1) is 15.2. The van der Waals surface area contributed by atoms with Crippen LogP contribution in [-0.2, 0) is 21.5 Å². The zero-order valence-corrected chi connectivity index (χ0v) is 17.5. The number of methoxy groups -OCH3 is 1. The number of rotatable bonds is 5. The van der Waals surface area contributed by atoms with Crippen LogP contribution in [0, 0.1) is 5.92 Å². The average Bonchev–Trinajstić information content (AvgIpc) is 3.17. The Bertz CT molecular complexity index is 962. The molecule has 1 aromatic carbocycles. The van der Waals surface area contributed by atoms with Crippen molar-refractivity contribution in [3.05, 3.63) is 41.6 Å². The maximum Gasteiger partial charge on any atom is 0.490 e. The van der Waals surface area contributed by atoms with Gasteiger partial charge in [-0.05, 0) is 18.9 Å². The maximum absolute atomic E-state index is 10.6. The van der Waals surface area contributed by atoms with Crippen LogP contribution in [0.2, 0.25) is 0 Å². The molecular formula is C21H24F3N3O5. The lowest BCUT2D eigenvalue weighted by Gasteiger charge is -2.23. The highest BCUT2D eigenvalue weighted by atomic mass is 19.4. The summed E-state index contributed by atoms with van der Waals surface area (Å²) in [5.74, 6) is 0.683. The average molecular weight is 455 g/mol. The summed E-state index contributed by atoms with van der Waals surface area (Å²) in [7, 11) is 1.73. The second-order valence-electron chi connectivity index (χ2n) is 8.37. The smallest absolute Gasteiger partial charge is 0.490 e. The SMILES string of the molecule is COc1ccccc1CN1C[C@@H]2COC[C@]2(c2nnc(C3CC3)o2)C1.O=C(O)C(F)(F)F. The van der Waals surface area contributed by atoms with Crippen molar-refractivity contribution in [1.82, 2.24) is 15.1 Å². The van der Waals surface area contributed by atoms with Gasteiger partial charge in [0, 0.05) is 37.0 Å². The van der Waals surface area contributed by atoms with Gasteiger partial charge in [-0.15, -0.1) is 10.2 Å². The fourth-order valence-electron chi connectivity index (χ4n) is 4.27. The molecule has 0 spiro atoms. The van der Waals surface area contributed by atoms with Gasteiger partial charge in [0.2, 0.25) is 11.8 Å². The second-order valence-corrected chi connectivity index (χ2v) is 8.37. The third-order valence-corrected chi connectivity index (χ3v) is 6.07. The van der Waals surface area contributed by atoms with Gasteiger partial charge in [-0.3, -0.25) is 4.90 Å². The zero-order chi connectivity index (χ0) is 22.9. The number of fused-ring (bicyclic) bond motifs is 1. The van der Waals surface area contributed by atoms with Crippen molar-refractivity contribution >= 4 is 5.97 Å². The van der Waals surface area contributed by atoms with E-state index in [1.807, 2.05) is 12.1 Å². The normalized spacial score (nSPS) is 25.2. The van der Waals surface area contributed by atoms with Crippen molar-refractivity contribution < 1.29 is 37.0 Å². The summed E-state index contributed by atoms with van der Waals surface area (Å²) in [6, 6.07) is 8.22. The van der Waals surface area contributed by atoms with Gasteiger partial charge in [-0.2, -0.15) is 13.2 Å². The maximum atomic E-state index is 10.6. The van der Waals surface area contributed by atoms with Gasteiger partial charge in [0.1, 0.15) is 5.75 Å². The molecule has 0 bridgehead atoms. The van der Waals surface area contributed by atoms with Crippen LogP contribution in [-0.4, -0.2) is 65.8 Å². The number of para-hydroxylation sites is 1. The van der Waals surface area contributed by atoms with E-state index in [2.05, 4.69) is 27.2 Å². The molecule has 8 nitrogen and oxygen atoms in total. The molecule has 174 valence electrons. The Labute approximate surface area is 182 Å². The Morgan fingerprint density at radius 1 is 1.31 bits per heavy atom. The van der Waals surface area contributed by atoms with Crippen molar-refractivity contribution in [2.45, 2.75) is 36.9 Å². The Morgan fingerprint density at radius 2 is 2.03 bits per heavy atom. The largest absolute Gasteiger partial charge is 0.496 e. The molecule has 2 aliphatic heterocycles. The van der Waals surface area contributed by atoms with Gasteiger partial charge < -0.3 is 19.0 Å². The quantitative estimate of drug-likeness (QED) is 0.735. The van der Waals surface area contributed by atoms with Crippen LogP contribution >= 0.6 is 0 Å². The number of alkyl halides is 3. The van der Waals surface area contributed by atoms with Crippen LogP contribution in [0.3, 0.4) is 0 Å². The number of aromatic nitrogens is 2. The summed E-state index contributed by atoms with van der Waals surface area (Å²) in [6.45, 7) is 4.18. The highest BCUT2D eigenvalue weighted by Crippen LogP contribution is 2.46. The van der Waals surface area contributed by atoms with Gasteiger partial charge in [0.25, 0.3) is 0 Å². The van der Waals surface area contributed by atoms with Gasteiger partial charge in [-0.25, -0.2) is 4.79 Å². The number of ether oxygens (including phenoxy) is 2. The van der Waals surface area contributed by atoms with Crippen LogP contribution in [0.1, 0.15) is 36.1 Å². The van der Waals surface area contributed by atoms with Crippen LogP contribution in [0.4, 0.5) is 13.2 Å². The summed E-state index contributed by atoms with van der Waals surface area (Å²) in [5, 5.41) is 15.8. The Kier molecular flexibility index (Phi) is 6.13. The monoisotopic (exact) mass is 455 g/mol. The third kappa shape index (κ3) is 4.58. The summed E-state index contributed by atoms with van der Waals surface area (Å²) in [4.78, 5) is 11.4. The number of carboxylic acid groups (broad SMARTS) is 1. The highest BCUT2D eigenvalue weighted by molar-refractivity contribution is 5.73. The van der Waals surface area contributed by atoms with E-state index in [1.165, 1.54) is 18.4 Å². The molecule has 0 radical (unpaired) electrons. The number of carboxylic acids is 1. The van der Waals surface area contributed by atoms with Gasteiger partial charge >= 0.3 is 12.1 Å². The molecule has 1 aliphatic carbocycles. The van der Waals surface area contributed by atoms with Crippen LogP contribution in [0.5, 0.6) is 5.75 Å². The summed E-state index contributed by atoms with van der Waals surface area (Å²) >= 11 is 0. The molecule has 2 atom stereocenters. The predicted molar refractivity (Wildman–Crippen MR) is 104 cm³/mol. The zero-order valence-electron chi connectivity index (χ0n) is 17.5. The molecule has 0 unspecified atom stereocenters. The fraction of sp³-hybridized carbons (Fsp3) is 0.571. The number of benzene rings is 1. The number of aliphatic carboxylic acids is 1. The van der Waals surface area contributed by atoms with E-state index in [0.29, 0.717) is 18.4 Å². The van der Waals surface area contributed by atoms with E-state index in [-0.39, 0.29) is 5.41 Å². The first-order valence-electron chi connectivity index (χ1n) is 10.3. The molecule has 3 aliphatic rings. The lowest BCUT2D eigenvalue weighted by Crippen LogP contribution is -2.35. The third-order valence-electron chi connectivity index (χ3n) is 6.07. The standard InChI is InChI=1S/C19H23N3O3.C2HF3O2/c1-23-16-5-3-2-4-14(16)8-22-9-15-10-24-12-19(15,11-22)18-21-20-17(25-18)13-6-7-13;3-2(4,5)1(6)7/h2-5,13,15H,6-12H2,1H3;(H,6,7)/t15-,19-;/m1./s1. The molecule has 3 fully saturated rings. The van der Waals surface area contributed by atoms with Crippen molar-refractivity contribution in [2.24, 2.45) is 5.92 Å². The minimum atomic E-state index is -5.08. The van der Waals surface area contributed by atoms with Gasteiger partial charge in [0.15, 0.2) is 0 Å². The first-order valence-corrected chi connectivity index (χ1v) is 10.3. The molecule has 11 heteroatoms. The molecule has 1 saturated carbocycles. The van der Waals surface area contributed by atoms with E-state index >= 15 is 0 Å². The Morgan fingerprint density at radius 3 is 2.69 bits per heavy atom. The number of likely N-dealkylation sites (tertiary alicyclic amines) is 1. The molecule has 5 rings (SSSR count). The van der Waals surface area contributed by atoms with Crippen molar-refractivity contribution in [3.8, 4) is 5.75 Å². The lowest BCUT2D eigenvalue weighted by molar-refractivity contribution is -0.192. The molecule has 0 amide bonds. The number of hydrogen-bond acceptors (Lipinski definition) is 7. The Balaban J connectivity index is 0.000000307. The topological polar surface area (TPSA) is 97.9 Å². The molecule has 3 heterocycles. The summed E-state index contributed by atoms with van der Waals surface area (Å²) in [5.41, 5.74) is 1.06. The molecular weight excluding hydrogens is 431 g/mol. The van der Waals surface area contributed by atoms with Crippen LogP contribution in [0.15, 0.2) is 28.7 Å². The number of hydrogen-bond donors (Lipinski definition) is 1. The van der Waals surface area contributed by atoms with Crippen LogP contribution in [0.25, 0.3) is 0 Å². The van der Waals surface area contributed by atoms with Crippen molar-refractivity contribution in [2.75, 3.05) is 33.4 Å². The minimum Gasteiger partial charge on any atom is -0.496 e. The Hall–Kier alpha value is -2.66. The van der Waals surface area contributed by atoms with E-state index in [9.17, 15) is 13.2 Å². The van der Waals surface area contributed by atoms with Crippen molar-refractivity contribution in [1.29, 1.82) is 0 Å². The summed E-state index contributed by atoms with van der Waals surface area (Å²) in [6.07, 6.45) is -2.73. The van der Waals surface area contributed by atoms with E-state index in [0.717, 1.165) is 43.8 Å². The van der Waals surface area contributed by atoms with Gasteiger partial charge in [0.05, 0.1) is 25.7 Å². The number of nitrogens with zero attached hydrogens (tertiary/aromatic N) is 3. The predicted octanol–water partition coefficient (Wildman–Crippen LogP) is 2.99. The van der Waals surface area contributed by atoms with Gasteiger partial charge in [-0.1, -0.05) is 18.2 Å². The van der Waals surface area contributed by atoms with E-state index < -0.39 is 12.1 Å². The number of halogens is 3. The van der Waals surface area contributed by atoms with E-state index in [4.69, 9.17) is 23.8 Å². The highest BCUT2D eigenvalue weighted by Gasteiger charge is 2.55. The molecule has 32 heavy (non-hydrogen) atoms. The summed E-state index contributed by atoms with van der Waals surface area (Å²) < 4.78 is 49.1. The lowest BCUT2D eigenvalue weighted by atomic mass is 9.81. The minimum absolute atomic E-state index is 0.151. The molecule has 1 aromatic heterocycles. The van der Waals surface area contributed by atoms with E-state index in [1.54, 1.807) is 7.11 Å². The fourth-order valence-corrected chi connectivity index (χ4v) is 4.27. The molecule has 2 saturated heterocycles. The van der Waals surface area contributed by atoms with Crippen LogP contribution < -0.4 is 4.74 Å².